The van der Waals surface area contributed by atoms with Crippen molar-refractivity contribution >= 4 is 11.0 Å². The second-order valence-corrected chi connectivity index (χ2v) is 13.2. The SMILES string of the molecule is COc1cc(-c2oc3cc(O[C@H]4O[C@H](C)[C@@H](O)[C@H](O)[C@@H]4O)cc(O)c3c(=O)c2O[C@@H]2O[C@H](CO[C@H]3O[C@H](C)[C@@H](O)[C@H](O)[C@@H]3O)[C@@H](O)[C@H](O)[C@H]2O)ccc1O. The average Bonchev–Trinajstić information content (AvgIpc) is 3.14. The van der Waals surface area contributed by atoms with E-state index in [-0.39, 0.29) is 34.2 Å². The van der Waals surface area contributed by atoms with Crippen LogP contribution in [0.1, 0.15) is 13.8 Å². The number of aliphatic hydroxyl groups excluding tert-OH is 9. The smallest absolute Gasteiger partial charge is 0.239 e. The van der Waals surface area contributed by atoms with E-state index in [1.165, 1.54) is 39.2 Å². The highest BCUT2D eigenvalue weighted by molar-refractivity contribution is 5.88. The minimum atomic E-state index is -2.01. The van der Waals surface area contributed by atoms with E-state index < -0.39 is 121 Å². The lowest BCUT2D eigenvalue weighted by atomic mass is 9.98. The van der Waals surface area contributed by atoms with Crippen LogP contribution in [0.15, 0.2) is 39.5 Å². The summed E-state index contributed by atoms with van der Waals surface area (Å²) in [6.07, 6.45) is -23.7. The van der Waals surface area contributed by atoms with Crippen molar-refractivity contribution in [3.8, 4) is 40.1 Å². The Morgan fingerprint density at radius 1 is 0.648 bits per heavy atom. The number of phenolic OH excluding ortho intramolecular Hbond substituents is 2. The Morgan fingerprint density at radius 2 is 1.22 bits per heavy atom. The highest BCUT2D eigenvalue weighted by atomic mass is 16.7. The van der Waals surface area contributed by atoms with E-state index in [1.807, 2.05) is 0 Å². The van der Waals surface area contributed by atoms with Gasteiger partial charge in [0.2, 0.25) is 23.8 Å². The van der Waals surface area contributed by atoms with Crippen molar-refractivity contribution < 1.29 is 93.7 Å². The fraction of sp³-hybridized carbons (Fsp3) is 0.559. The molecule has 0 bridgehead atoms. The summed E-state index contributed by atoms with van der Waals surface area (Å²) in [5.41, 5.74) is -1.32. The lowest BCUT2D eigenvalue weighted by Crippen LogP contribution is -2.61. The standard InChI is InChI=1S/C34H42O20/c1-10-20(37)24(41)27(44)32(49-10)48-9-18-22(39)26(43)29(46)34(53-18)54-31-23(40)19-15(36)7-13(51-33-28(45)25(42)21(38)11(2)50-33)8-17(19)52-30(31)12-4-5-14(35)16(6-12)47-3/h4-8,10-11,18,20-22,24-29,32-39,41-46H,9H2,1-3H3/t10-,11-,18-,20-,21-,22-,24+,25+,26+,27+,28+,29-,32+,33-,34+/m1/s1. The maximum Gasteiger partial charge on any atom is 0.239 e. The molecule has 4 heterocycles. The zero-order chi connectivity index (χ0) is 39.3. The van der Waals surface area contributed by atoms with Gasteiger partial charge in [0.25, 0.3) is 0 Å². The van der Waals surface area contributed by atoms with Crippen LogP contribution in [0.4, 0.5) is 0 Å². The second kappa shape index (κ2) is 15.7. The topological polar surface area (TPSA) is 317 Å². The van der Waals surface area contributed by atoms with Gasteiger partial charge in [-0.15, -0.1) is 0 Å². The van der Waals surface area contributed by atoms with Crippen LogP contribution in [0.5, 0.6) is 28.7 Å². The summed E-state index contributed by atoms with van der Waals surface area (Å²) < 4.78 is 44.8. The van der Waals surface area contributed by atoms with Crippen molar-refractivity contribution in [2.75, 3.05) is 13.7 Å². The average molecular weight is 771 g/mol. The Morgan fingerprint density at radius 3 is 1.85 bits per heavy atom. The van der Waals surface area contributed by atoms with Crippen molar-refractivity contribution in [2.45, 2.75) is 106 Å². The molecule has 20 heteroatoms. The van der Waals surface area contributed by atoms with E-state index in [4.69, 9.17) is 37.6 Å². The van der Waals surface area contributed by atoms with Gasteiger partial charge >= 0.3 is 0 Å². The molecule has 20 nitrogen and oxygen atoms in total. The van der Waals surface area contributed by atoms with E-state index in [9.17, 15) is 61.0 Å². The molecule has 0 aliphatic carbocycles. The van der Waals surface area contributed by atoms with E-state index in [0.717, 1.165) is 12.1 Å². The molecule has 0 saturated carbocycles. The largest absolute Gasteiger partial charge is 0.507 e. The van der Waals surface area contributed by atoms with Crippen LogP contribution in [0.25, 0.3) is 22.3 Å². The van der Waals surface area contributed by atoms with Gasteiger partial charge in [-0.3, -0.25) is 4.79 Å². The summed E-state index contributed by atoms with van der Waals surface area (Å²) in [6.45, 7) is 2.22. The van der Waals surface area contributed by atoms with Gasteiger partial charge in [-0.05, 0) is 32.0 Å². The lowest BCUT2D eigenvalue weighted by Gasteiger charge is -2.42. The number of hydrogen-bond acceptors (Lipinski definition) is 20. The molecule has 15 atom stereocenters. The van der Waals surface area contributed by atoms with Crippen LogP contribution in [-0.2, 0) is 18.9 Å². The zero-order valence-electron chi connectivity index (χ0n) is 28.8. The molecule has 3 aromatic rings. The molecule has 2 aromatic carbocycles. The first-order chi connectivity index (χ1) is 25.5. The van der Waals surface area contributed by atoms with Crippen molar-refractivity contribution in [1.82, 2.24) is 0 Å². The normalized spacial score (nSPS) is 37.2. The van der Waals surface area contributed by atoms with Gasteiger partial charge in [-0.1, -0.05) is 0 Å². The predicted octanol–water partition coefficient (Wildman–Crippen LogP) is -2.88. The highest BCUT2D eigenvalue weighted by Gasteiger charge is 2.48. The molecule has 0 amide bonds. The van der Waals surface area contributed by atoms with Crippen LogP contribution in [0.2, 0.25) is 0 Å². The third-order valence-electron chi connectivity index (χ3n) is 9.54. The minimum Gasteiger partial charge on any atom is -0.507 e. The van der Waals surface area contributed by atoms with Gasteiger partial charge in [0.15, 0.2) is 23.5 Å². The molecule has 0 unspecified atom stereocenters. The number of hydrogen-bond donors (Lipinski definition) is 11. The Labute approximate surface area is 305 Å². The van der Waals surface area contributed by atoms with E-state index in [1.54, 1.807) is 0 Å². The number of fused-ring (bicyclic) bond motifs is 1. The number of phenols is 2. The summed E-state index contributed by atoms with van der Waals surface area (Å²) in [6, 6.07) is 5.91. The molecule has 3 saturated heterocycles. The Hall–Kier alpha value is -3.87. The van der Waals surface area contributed by atoms with Crippen molar-refractivity contribution in [1.29, 1.82) is 0 Å². The zero-order valence-corrected chi connectivity index (χ0v) is 28.8. The van der Waals surface area contributed by atoms with E-state index in [2.05, 4.69) is 0 Å². The van der Waals surface area contributed by atoms with Gasteiger partial charge in [-0.2, -0.15) is 0 Å². The maximum absolute atomic E-state index is 14.2. The van der Waals surface area contributed by atoms with Gasteiger partial charge in [0, 0.05) is 17.7 Å². The number of rotatable bonds is 9. The number of methoxy groups -OCH3 is 1. The molecule has 11 N–H and O–H groups in total. The second-order valence-electron chi connectivity index (χ2n) is 13.2. The third kappa shape index (κ3) is 7.41. The molecule has 54 heavy (non-hydrogen) atoms. The van der Waals surface area contributed by atoms with Crippen LogP contribution in [0, 0.1) is 0 Å². The molecule has 0 spiro atoms. The summed E-state index contributed by atoms with van der Waals surface area (Å²) in [5.74, 6) is -2.37. The van der Waals surface area contributed by atoms with Crippen LogP contribution in [0.3, 0.4) is 0 Å². The first-order valence-corrected chi connectivity index (χ1v) is 16.8. The van der Waals surface area contributed by atoms with Gasteiger partial charge in [0.1, 0.15) is 83.5 Å². The quantitative estimate of drug-likeness (QED) is 0.104. The van der Waals surface area contributed by atoms with Crippen LogP contribution < -0.4 is 19.6 Å². The van der Waals surface area contributed by atoms with E-state index >= 15 is 0 Å². The molecule has 0 radical (unpaired) electrons. The number of ether oxygens (including phenoxy) is 7. The summed E-state index contributed by atoms with van der Waals surface area (Å²) in [5, 5.41) is 114. The van der Waals surface area contributed by atoms with Crippen molar-refractivity contribution in [3.63, 3.8) is 0 Å². The molecule has 1 aromatic heterocycles. The fourth-order valence-corrected chi connectivity index (χ4v) is 6.30. The summed E-state index contributed by atoms with van der Waals surface area (Å²) in [4.78, 5) is 14.2. The summed E-state index contributed by atoms with van der Waals surface area (Å²) in [7, 11) is 1.26. The number of aliphatic hydroxyl groups is 9. The monoisotopic (exact) mass is 770 g/mol. The van der Waals surface area contributed by atoms with Crippen molar-refractivity contribution in [2.24, 2.45) is 0 Å². The molecule has 298 valence electrons. The molecule has 3 aliphatic rings. The first-order valence-electron chi connectivity index (χ1n) is 16.8. The van der Waals surface area contributed by atoms with Gasteiger partial charge < -0.3 is 93.7 Å². The van der Waals surface area contributed by atoms with Crippen molar-refractivity contribution in [3.05, 3.63) is 40.6 Å². The predicted molar refractivity (Wildman–Crippen MR) is 176 cm³/mol. The maximum atomic E-state index is 14.2. The Bertz CT molecular complexity index is 1850. The lowest BCUT2D eigenvalue weighted by molar-refractivity contribution is -0.318. The molecular formula is C34H42O20. The molecule has 3 fully saturated rings. The molecule has 6 rings (SSSR count). The van der Waals surface area contributed by atoms with Gasteiger partial charge in [-0.25, -0.2) is 0 Å². The van der Waals surface area contributed by atoms with Gasteiger partial charge in [0.05, 0.1) is 25.9 Å². The van der Waals surface area contributed by atoms with Crippen LogP contribution >= 0.6 is 0 Å². The number of benzene rings is 2. The summed E-state index contributed by atoms with van der Waals surface area (Å²) >= 11 is 0. The third-order valence-corrected chi connectivity index (χ3v) is 9.54. The fourth-order valence-electron chi connectivity index (χ4n) is 6.30. The molecule has 3 aliphatic heterocycles. The van der Waals surface area contributed by atoms with Crippen LogP contribution in [-0.4, -0.2) is 162 Å². The Balaban J connectivity index is 1.35. The number of aromatic hydroxyl groups is 2. The molecular weight excluding hydrogens is 728 g/mol. The Kier molecular flexibility index (Phi) is 11.6. The minimum absolute atomic E-state index is 0.0468. The van der Waals surface area contributed by atoms with E-state index in [0.29, 0.717) is 0 Å². The highest BCUT2D eigenvalue weighted by Crippen LogP contribution is 2.40. The first kappa shape index (κ1) is 39.8.